The minimum absolute atomic E-state index is 0.0312. The van der Waals surface area contributed by atoms with Gasteiger partial charge in [0.2, 0.25) is 0 Å². The van der Waals surface area contributed by atoms with Gasteiger partial charge in [0.15, 0.2) is 0 Å². The van der Waals surface area contributed by atoms with Crippen molar-refractivity contribution in [2.45, 2.75) is 17.6 Å². The van der Waals surface area contributed by atoms with Gasteiger partial charge in [0, 0.05) is 5.02 Å². The van der Waals surface area contributed by atoms with E-state index in [4.69, 9.17) is 23.2 Å². The van der Waals surface area contributed by atoms with E-state index in [-0.39, 0.29) is 27.4 Å². The van der Waals surface area contributed by atoms with Crippen LogP contribution in [0.2, 0.25) is 10.0 Å². The van der Waals surface area contributed by atoms with E-state index in [1.54, 1.807) is 0 Å². The van der Waals surface area contributed by atoms with Crippen molar-refractivity contribution in [1.82, 2.24) is 14.8 Å². The highest BCUT2D eigenvalue weighted by molar-refractivity contribution is 7.92. The Morgan fingerprint density at radius 1 is 1.11 bits per heavy atom. The van der Waals surface area contributed by atoms with E-state index in [1.165, 1.54) is 41.3 Å². The van der Waals surface area contributed by atoms with Crippen LogP contribution in [0.15, 0.2) is 53.7 Å². The normalized spacial score (nSPS) is 12.2. The lowest BCUT2D eigenvalue weighted by Gasteiger charge is -2.08. The summed E-state index contributed by atoms with van der Waals surface area (Å²) in [4.78, 5) is 3.56. The maximum absolute atomic E-state index is 12.8. The molecule has 0 unspecified atom stereocenters. The van der Waals surface area contributed by atoms with Crippen LogP contribution in [0, 0.1) is 0 Å². The van der Waals surface area contributed by atoms with Gasteiger partial charge >= 0.3 is 6.18 Å². The van der Waals surface area contributed by atoms with Gasteiger partial charge in [-0.1, -0.05) is 35.3 Å². The maximum Gasteiger partial charge on any atom is 0.416 e. The number of nitrogens with one attached hydrogen (secondary N) is 1. The van der Waals surface area contributed by atoms with E-state index in [0.717, 1.165) is 12.1 Å². The minimum atomic E-state index is -4.46. The minimum Gasteiger partial charge on any atom is -0.246 e. The number of hydrogen-bond acceptors (Lipinski definition) is 4. The van der Waals surface area contributed by atoms with Crippen molar-refractivity contribution in [2.24, 2.45) is 0 Å². The van der Waals surface area contributed by atoms with Gasteiger partial charge in [0.1, 0.15) is 11.2 Å². The van der Waals surface area contributed by atoms with Crippen molar-refractivity contribution in [2.75, 3.05) is 4.72 Å². The van der Waals surface area contributed by atoms with Crippen LogP contribution in [0.4, 0.5) is 19.1 Å². The highest BCUT2D eigenvalue weighted by Crippen LogP contribution is 2.30. The Morgan fingerprint density at radius 3 is 2.57 bits per heavy atom. The number of hydrogen-bond donors (Lipinski definition) is 1. The quantitative estimate of drug-likeness (QED) is 0.622. The predicted octanol–water partition coefficient (Wildman–Crippen LogP) is 4.45. The van der Waals surface area contributed by atoms with Gasteiger partial charge < -0.3 is 0 Å². The van der Waals surface area contributed by atoms with Crippen LogP contribution in [0.25, 0.3) is 0 Å². The number of alkyl halides is 3. The number of nitrogens with zero attached hydrogens (tertiary/aromatic N) is 3. The Morgan fingerprint density at radius 2 is 1.86 bits per heavy atom. The number of benzene rings is 2. The maximum atomic E-state index is 12.8. The van der Waals surface area contributed by atoms with Gasteiger partial charge in [0.25, 0.3) is 16.0 Å². The molecule has 0 fully saturated rings. The zero-order chi connectivity index (χ0) is 20.5. The summed E-state index contributed by atoms with van der Waals surface area (Å²) in [5, 5.41) is 4.05. The third-order valence-electron chi connectivity index (χ3n) is 3.54. The third kappa shape index (κ3) is 4.75. The first kappa shape index (κ1) is 20.4. The Labute approximate surface area is 168 Å². The molecule has 0 aliphatic rings. The van der Waals surface area contributed by atoms with E-state index in [0.29, 0.717) is 5.56 Å². The average molecular weight is 451 g/mol. The molecule has 0 atom stereocenters. The molecule has 0 saturated carbocycles. The molecule has 3 aromatic rings. The molecule has 0 radical (unpaired) electrons. The topological polar surface area (TPSA) is 76.9 Å². The SMILES string of the molecule is O=S(=O)(Nc1ncn(Cc2cccc(C(F)(F)F)c2)n1)c1cc(Cl)ccc1Cl. The van der Waals surface area contributed by atoms with E-state index >= 15 is 0 Å². The molecule has 0 amide bonds. The van der Waals surface area contributed by atoms with Crippen LogP contribution in [0.5, 0.6) is 0 Å². The lowest BCUT2D eigenvalue weighted by atomic mass is 10.1. The summed E-state index contributed by atoms with van der Waals surface area (Å²) in [6, 6.07) is 8.65. The molecule has 2 aromatic carbocycles. The summed E-state index contributed by atoms with van der Waals surface area (Å²) in [5.41, 5.74) is -0.464. The summed E-state index contributed by atoms with van der Waals surface area (Å²) in [7, 11) is -4.11. The Kier molecular flexibility index (Phi) is 5.55. The smallest absolute Gasteiger partial charge is 0.246 e. The summed E-state index contributed by atoms with van der Waals surface area (Å²) < 4.78 is 66.6. The van der Waals surface area contributed by atoms with Gasteiger partial charge in [-0.15, -0.1) is 5.10 Å². The Balaban J connectivity index is 1.79. The number of rotatable bonds is 5. The molecule has 0 spiro atoms. The van der Waals surface area contributed by atoms with Crippen molar-refractivity contribution in [3.63, 3.8) is 0 Å². The molecule has 28 heavy (non-hydrogen) atoms. The van der Waals surface area contributed by atoms with Crippen molar-refractivity contribution in [1.29, 1.82) is 0 Å². The van der Waals surface area contributed by atoms with Crippen LogP contribution < -0.4 is 4.72 Å². The fraction of sp³-hybridized carbons (Fsp3) is 0.125. The molecule has 0 bridgehead atoms. The second-order valence-corrected chi connectivity index (χ2v) is 8.14. The van der Waals surface area contributed by atoms with Crippen molar-refractivity contribution < 1.29 is 21.6 Å². The number of anilines is 1. The molecule has 0 aliphatic carbocycles. The van der Waals surface area contributed by atoms with Crippen molar-refractivity contribution >= 4 is 39.2 Å². The Hall–Kier alpha value is -2.30. The lowest BCUT2D eigenvalue weighted by Crippen LogP contribution is -2.15. The first-order valence-corrected chi connectivity index (χ1v) is 9.82. The molecule has 3 rings (SSSR count). The zero-order valence-electron chi connectivity index (χ0n) is 13.8. The van der Waals surface area contributed by atoms with E-state index in [1.807, 2.05) is 0 Å². The van der Waals surface area contributed by atoms with Crippen molar-refractivity contribution in [3.8, 4) is 0 Å². The van der Waals surface area contributed by atoms with Gasteiger partial charge in [-0.25, -0.2) is 17.8 Å². The lowest BCUT2D eigenvalue weighted by molar-refractivity contribution is -0.137. The first-order valence-electron chi connectivity index (χ1n) is 7.58. The highest BCUT2D eigenvalue weighted by Gasteiger charge is 2.30. The molecule has 0 aliphatic heterocycles. The van der Waals surface area contributed by atoms with E-state index in [2.05, 4.69) is 14.8 Å². The van der Waals surface area contributed by atoms with E-state index in [9.17, 15) is 21.6 Å². The standard InChI is InChI=1S/C16H11Cl2F3N4O2S/c17-12-4-5-13(18)14(7-12)28(26,27)24-15-22-9-25(23-15)8-10-2-1-3-11(6-10)16(19,20)21/h1-7,9H,8H2,(H,23,24). The molecule has 6 nitrogen and oxygen atoms in total. The van der Waals surface area contributed by atoms with Crippen molar-refractivity contribution in [3.05, 3.63) is 70.0 Å². The average Bonchev–Trinajstić information content (AvgIpc) is 3.02. The number of halogens is 5. The monoisotopic (exact) mass is 450 g/mol. The predicted molar refractivity (Wildman–Crippen MR) is 97.8 cm³/mol. The molecule has 1 aromatic heterocycles. The van der Waals surface area contributed by atoms with Gasteiger partial charge in [0.05, 0.1) is 17.1 Å². The van der Waals surface area contributed by atoms with Crippen LogP contribution in [-0.4, -0.2) is 23.2 Å². The highest BCUT2D eigenvalue weighted by atomic mass is 35.5. The molecule has 1 N–H and O–H groups in total. The third-order valence-corrected chi connectivity index (χ3v) is 5.59. The van der Waals surface area contributed by atoms with Crippen LogP contribution in [0.1, 0.15) is 11.1 Å². The zero-order valence-corrected chi connectivity index (χ0v) is 16.1. The van der Waals surface area contributed by atoms with Crippen LogP contribution >= 0.6 is 23.2 Å². The van der Waals surface area contributed by atoms with Gasteiger partial charge in [-0.3, -0.25) is 0 Å². The molecule has 1 heterocycles. The second-order valence-electron chi connectivity index (χ2n) is 5.64. The fourth-order valence-corrected chi connectivity index (χ4v) is 4.02. The van der Waals surface area contributed by atoms with E-state index < -0.39 is 21.8 Å². The largest absolute Gasteiger partial charge is 0.416 e. The summed E-state index contributed by atoms with van der Waals surface area (Å²) in [6.45, 7) is -0.0312. The van der Waals surface area contributed by atoms with Gasteiger partial charge in [-0.2, -0.15) is 18.2 Å². The summed E-state index contributed by atoms with van der Waals surface area (Å²) in [5.74, 6) is -0.261. The van der Waals surface area contributed by atoms with Crippen LogP contribution in [0.3, 0.4) is 0 Å². The van der Waals surface area contributed by atoms with Gasteiger partial charge in [-0.05, 0) is 35.9 Å². The molecular weight excluding hydrogens is 440 g/mol. The fourth-order valence-electron chi connectivity index (χ4n) is 2.31. The van der Waals surface area contributed by atoms with Crippen LogP contribution in [-0.2, 0) is 22.7 Å². The molecule has 0 saturated heterocycles. The molecule has 148 valence electrons. The first-order chi connectivity index (χ1) is 13.0. The molecular formula is C16H11Cl2F3N4O2S. The second kappa shape index (κ2) is 7.61. The number of aromatic nitrogens is 3. The number of sulfonamides is 1. The Bertz CT molecular complexity index is 1120. The summed E-state index contributed by atoms with van der Waals surface area (Å²) in [6.07, 6.45) is -3.27. The molecule has 12 heteroatoms. The summed E-state index contributed by atoms with van der Waals surface area (Å²) >= 11 is 11.7.